The Labute approximate surface area is 221 Å². The molecule has 0 bridgehead atoms. The zero-order valence-electron chi connectivity index (χ0n) is 17.5. The highest BCUT2D eigenvalue weighted by Crippen LogP contribution is 2.32. The number of hydrogen-bond acceptors (Lipinski definition) is 7. The maximum absolute atomic E-state index is 13.4. The molecule has 2 N–H and O–H groups in total. The van der Waals surface area contributed by atoms with Gasteiger partial charge in [0.15, 0.2) is 5.82 Å². The Morgan fingerprint density at radius 3 is 2.77 bits per heavy atom. The van der Waals surface area contributed by atoms with Crippen LogP contribution in [0.4, 0.5) is 5.69 Å². The molecule has 1 aromatic carbocycles. The minimum absolute atomic E-state index is 0.0427. The minimum Gasteiger partial charge on any atom is -0.437 e. The molecule has 0 atom stereocenters. The molecule has 0 radical (unpaired) electrons. The number of nitrogens with zero attached hydrogens (tertiary/aromatic N) is 4. The molecule has 0 saturated heterocycles. The van der Waals surface area contributed by atoms with Crippen molar-refractivity contribution < 1.29 is 14.3 Å². The number of thiophene rings is 1. The maximum Gasteiger partial charge on any atom is 0.274 e. The normalized spacial score (nSPS) is 10.5. The van der Waals surface area contributed by atoms with Crippen molar-refractivity contribution in [2.24, 2.45) is 0 Å². The monoisotopic (exact) mass is 590 g/mol. The van der Waals surface area contributed by atoms with Gasteiger partial charge in [-0.3, -0.25) is 9.59 Å². The third kappa shape index (κ3) is 5.63. The molecule has 4 rings (SSSR count). The van der Waals surface area contributed by atoms with E-state index in [1.54, 1.807) is 23.6 Å². The number of halogens is 3. The van der Waals surface area contributed by atoms with Gasteiger partial charge in [-0.05, 0) is 51.6 Å². The van der Waals surface area contributed by atoms with Crippen LogP contribution < -0.4 is 15.4 Å². The second-order valence-electron chi connectivity index (χ2n) is 6.75. The van der Waals surface area contributed by atoms with Gasteiger partial charge >= 0.3 is 0 Å². The van der Waals surface area contributed by atoms with Crippen LogP contribution in [-0.2, 0) is 0 Å². The van der Waals surface area contributed by atoms with Crippen LogP contribution >= 0.6 is 50.5 Å². The number of pyridine rings is 1. The van der Waals surface area contributed by atoms with E-state index in [-0.39, 0.29) is 45.2 Å². The average Bonchev–Trinajstić information content (AvgIpc) is 3.49. The van der Waals surface area contributed by atoms with Crippen molar-refractivity contribution >= 4 is 68.0 Å². The Balaban J connectivity index is 1.74. The molecule has 0 fully saturated rings. The number of anilines is 1. The molecule has 0 aliphatic carbocycles. The number of amides is 2. The summed E-state index contributed by atoms with van der Waals surface area (Å²) in [7, 11) is 0. The van der Waals surface area contributed by atoms with Gasteiger partial charge in [-0.15, -0.1) is 16.4 Å². The highest BCUT2D eigenvalue weighted by Gasteiger charge is 2.24. The summed E-state index contributed by atoms with van der Waals surface area (Å²) in [5.74, 6) is -0.320. The van der Waals surface area contributed by atoms with Gasteiger partial charge in [0, 0.05) is 27.1 Å². The van der Waals surface area contributed by atoms with Crippen molar-refractivity contribution in [2.75, 3.05) is 11.9 Å². The Morgan fingerprint density at radius 2 is 2.06 bits per heavy atom. The lowest BCUT2D eigenvalue weighted by molar-refractivity contribution is 0.0959. The minimum atomic E-state index is -0.628. The van der Waals surface area contributed by atoms with Crippen LogP contribution in [0, 0.1) is 11.3 Å². The van der Waals surface area contributed by atoms with E-state index in [0.717, 1.165) is 0 Å². The second kappa shape index (κ2) is 10.9. The standard InChI is InChI=1S/C22H13BrCl2N6O3S/c23-15-9-12(24)8-14(21(32)28-6-4-26)19(15)29-22(33)17-10-18(34-13-3-7-35-11-13)30-31(17)20-16(25)2-1-5-27-20/h1-3,5,7-11H,6H2,(H,28,32)(H,29,33). The molecule has 9 nitrogen and oxygen atoms in total. The summed E-state index contributed by atoms with van der Waals surface area (Å²) in [6, 6.07) is 11.2. The van der Waals surface area contributed by atoms with Crippen LogP contribution in [0.1, 0.15) is 20.8 Å². The van der Waals surface area contributed by atoms with Gasteiger partial charge in [-0.1, -0.05) is 23.2 Å². The predicted molar refractivity (Wildman–Crippen MR) is 136 cm³/mol. The fourth-order valence-electron chi connectivity index (χ4n) is 2.97. The first-order valence-electron chi connectivity index (χ1n) is 9.74. The van der Waals surface area contributed by atoms with Crippen LogP contribution in [0.3, 0.4) is 0 Å². The second-order valence-corrected chi connectivity index (χ2v) is 9.23. The van der Waals surface area contributed by atoms with E-state index < -0.39 is 11.8 Å². The van der Waals surface area contributed by atoms with Gasteiger partial charge in [0.1, 0.15) is 18.0 Å². The molecular weight excluding hydrogens is 579 g/mol. The first kappa shape index (κ1) is 24.7. The zero-order chi connectivity index (χ0) is 24.9. The molecule has 3 heterocycles. The summed E-state index contributed by atoms with van der Waals surface area (Å²) >= 11 is 17.2. The zero-order valence-corrected chi connectivity index (χ0v) is 21.4. The first-order chi connectivity index (χ1) is 16.9. The molecule has 0 unspecified atom stereocenters. The van der Waals surface area contributed by atoms with E-state index in [1.165, 1.54) is 40.4 Å². The van der Waals surface area contributed by atoms with Crippen LogP contribution in [0.15, 0.2) is 57.8 Å². The summed E-state index contributed by atoms with van der Waals surface area (Å²) in [6.45, 7) is -0.218. The Morgan fingerprint density at radius 1 is 1.23 bits per heavy atom. The summed E-state index contributed by atoms with van der Waals surface area (Å²) in [5, 5.41) is 22.4. The molecule has 0 aliphatic rings. The van der Waals surface area contributed by atoms with Gasteiger partial charge in [0.05, 0.1) is 22.3 Å². The molecule has 0 saturated carbocycles. The summed E-state index contributed by atoms with van der Waals surface area (Å²) < 4.78 is 7.36. The highest BCUT2D eigenvalue weighted by atomic mass is 79.9. The molecule has 0 spiro atoms. The summed E-state index contributed by atoms with van der Waals surface area (Å²) in [5.41, 5.74) is 0.251. The largest absolute Gasteiger partial charge is 0.437 e. The highest BCUT2D eigenvalue weighted by molar-refractivity contribution is 9.10. The molecule has 13 heteroatoms. The Kier molecular flexibility index (Phi) is 7.67. The average molecular weight is 592 g/mol. The number of ether oxygens (including phenoxy) is 1. The molecule has 0 aliphatic heterocycles. The number of nitriles is 1. The van der Waals surface area contributed by atoms with Crippen molar-refractivity contribution in [1.29, 1.82) is 5.26 Å². The van der Waals surface area contributed by atoms with Gasteiger partial charge in [0.2, 0.25) is 5.88 Å². The van der Waals surface area contributed by atoms with Crippen molar-refractivity contribution in [3.8, 4) is 23.5 Å². The van der Waals surface area contributed by atoms with Crippen LogP contribution in [0.5, 0.6) is 11.6 Å². The maximum atomic E-state index is 13.4. The fraction of sp³-hybridized carbons (Fsp3) is 0.0455. The van der Waals surface area contributed by atoms with Gasteiger partial charge in [-0.2, -0.15) is 5.26 Å². The first-order valence-corrected chi connectivity index (χ1v) is 12.2. The van der Waals surface area contributed by atoms with Gasteiger partial charge in [-0.25, -0.2) is 9.67 Å². The number of carbonyl (C=O) groups excluding carboxylic acids is 2. The quantitative estimate of drug-likeness (QED) is 0.266. The van der Waals surface area contributed by atoms with Crippen LogP contribution in [0.2, 0.25) is 10.0 Å². The topological polar surface area (TPSA) is 122 Å². The third-order valence-electron chi connectivity index (χ3n) is 4.44. The number of hydrogen-bond donors (Lipinski definition) is 2. The predicted octanol–water partition coefficient (Wildman–Crippen LogP) is 5.70. The SMILES string of the molecule is N#CCNC(=O)c1cc(Cl)cc(Br)c1NC(=O)c1cc(Oc2ccsc2)nn1-c1ncccc1Cl. The lowest BCUT2D eigenvalue weighted by Gasteiger charge is -2.14. The Hall–Kier alpha value is -3.43. The van der Waals surface area contributed by atoms with E-state index in [1.807, 2.05) is 11.4 Å². The third-order valence-corrected chi connectivity index (χ3v) is 6.24. The summed E-state index contributed by atoms with van der Waals surface area (Å²) in [4.78, 5) is 30.3. The van der Waals surface area contributed by atoms with Crippen LogP contribution in [0.25, 0.3) is 5.82 Å². The van der Waals surface area contributed by atoms with Crippen molar-refractivity contribution in [1.82, 2.24) is 20.1 Å². The molecular formula is C22H13BrCl2N6O3S. The van der Waals surface area contributed by atoms with E-state index in [9.17, 15) is 9.59 Å². The number of benzene rings is 1. The molecule has 35 heavy (non-hydrogen) atoms. The molecule has 4 aromatic rings. The van der Waals surface area contributed by atoms with Crippen LogP contribution in [-0.4, -0.2) is 33.1 Å². The smallest absolute Gasteiger partial charge is 0.274 e. The van der Waals surface area contributed by atoms with Crippen molar-refractivity contribution in [3.05, 3.63) is 79.1 Å². The van der Waals surface area contributed by atoms with E-state index >= 15 is 0 Å². The van der Waals surface area contributed by atoms with Crippen molar-refractivity contribution in [3.63, 3.8) is 0 Å². The van der Waals surface area contributed by atoms with Gasteiger partial charge in [0.25, 0.3) is 11.8 Å². The number of nitrogens with one attached hydrogen (secondary N) is 2. The van der Waals surface area contributed by atoms with Gasteiger partial charge < -0.3 is 15.4 Å². The van der Waals surface area contributed by atoms with E-state index in [0.29, 0.717) is 10.2 Å². The lowest BCUT2D eigenvalue weighted by Crippen LogP contribution is -2.26. The summed E-state index contributed by atoms with van der Waals surface area (Å²) in [6.07, 6.45) is 1.51. The lowest BCUT2D eigenvalue weighted by atomic mass is 10.1. The fourth-order valence-corrected chi connectivity index (χ4v) is 4.63. The van der Waals surface area contributed by atoms with E-state index in [2.05, 4.69) is 36.6 Å². The molecule has 2 amide bonds. The Bertz CT molecular complexity index is 1450. The van der Waals surface area contributed by atoms with Crippen molar-refractivity contribution in [2.45, 2.75) is 0 Å². The number of carbonyl (C=O) groups is 2. The van der Waals surface area contributed by atoms with E-state index in [4.69, 9.17) is 33.2 Å². The number of rotatable bonds is 7. The molecule has 3 aromatic heterocycles. The molecule has 176 valence electrons. The number of aromatic nitrogens is 3.